The fourth-order valence-electron chi connectivity index (χ4n) is 22.4. The number of aliphatic hydroxyl groups excluding tert-OH is 2. The van der Waals surface area contributed by atoms with E-state index in [0.717, 1.165) is 108 Å². The van der Waals surface area contributed by atoms with Crippen molar-refractivity contribution in [3.05, 3.63) is 0 Å². The minimum atomic E-state index is -1.33. The molecule has 390 valence electrons. The first-order chi connectivity index (χ1) is 34.4. The van der Waals surface area contributed by atoms with Crippen LogP contribution in [-0.2, 0) is 14.4 Å². The van der Waals surface area contributed by atoms with Gasteiger partial charge in [-0.15, -0.1) is 0 Å². The second-order valence-corrected chi connectivity index (χ2v) is 28.7. The average molecular weight is 961 g/mol. The molecule has 0 bridgehead atoms. The fourth-order valence-corrected chi connectivity index (χ4v) is 22.4. The maximum atomic E-state index is 12.3. The monoisotopic (exact) mass is 960 g/mol. The minimum absolute atomic E-state index is 0.00590. The minimum Gasteiger partial charge on any atom is -0.393 e. The molecule has 0 aromatic heterocycles. The van der Waals surface area contributed by atoms with Gasteiger partial charge in [-0.3, -0.25) is 14.4 Å². The van der Waals surface area contributed by atoms with Crippen molar-refractivity contribution in [2.75, 3.05) is 0 Å². The third kappa shape index (κ3) is 8.24. The molecule has 12 fully saturated rings. The third-order valence-corrected chi connectivity index (χ3v) is 26.2. The molecule has 6 nitrogen and oxygen atoms in total. The Labute approximate surface area is 427 Å². The van der Waals surface area contributed by atoms with Gasteiger partial charge in [0.15, 0.2) is 0 Å². The maximum Gasteiger partial charge on any atom is 0.133 e. The third-order valence-electron chi connectivity index (χ3n) is 26.2. The summed E-state index contributed by atoms with van der Waals surface area (Å²) < 4.78 is 44.1. The molecule has 12 rings (SSSR count). The van der Waals surface area contributed by atoms with Gasteiger partial charge >= 0.3 is 0 Å². The lowest BCUT2D eigenvalue weighted by Gasteiger charge is -2.60. The molecule has 6 heteroatoms. The lowest BCUT2D eigenvalue weighted by atomic mass is 9.44. The van der Waals surface area contributed by atoms with Crippen molar-refractivity contribution >= 4 is 17.3 Å². The Bertz CT molecular complexity index is 2090. The zero-order valence-electron chi connectivity index (χ0n) is 50.1. The summed E-state index contributed by atoms with van der Waals surface area (Å²) in [7, 11) is 0. The highest BCUT2D eigenvalue weighted by molar-refractivity contribution is 5.80. The van der Waals surface area contributed by atoms with Gasteiger partial charge < -0.3 is 15.3 Å². The second-order valence-electron chi connectivity index (χ2n) is 28.7. The molecule has 0 aliphatic heterocycles. The Morgan fingerprint density at radius 3 is 1.23 bits per heavy atom. The number of ketones is 3. The zero-order chi connectivity index (χ0) is 53.8. The van der Waals surface area contributed by atoms with Crippen LogP contribution in [0.2, 0.25) is 0 Å². The lowest BCUT2D eigenvalue weighted by Crippen LogP contribution is -2.54. The summed E-state index contributed by atoms with van der Waals surface area (Å²) in [6.07, 6.45) is 22.8. The van der Waals surface area contributed by atoms with Crippen molar-refractivity contribution in [3.63, 3.8) is 0 Å². The van der Waals surface area contributed by atoms with Crippen molar-refractivity contribution in [2.24, 2.45) is 121 Å². The van der Waals surface area contributed by atoms with Crippen LogP contribution in [0.15, 0.2) is 0 Å². The molecule has 12 aliphatic rings. The van der Waals surface area contributed by atoms with Gasteiger partial charge in [-0.25, -0.2) is 0 Å². The molecule has 0 aromatic carbocycles. The highest BCUT2D eigenvalue weighted by atomic mass is 16.3. The number of hydrogen-bond acceptors (Lipinski definition) is 6. The summed E-state index contributed by atoms with van der Waals surface area (Å²) in [5.41, 5.74) is 0.203. The molecular weight excluding hydrogens is 853 g/mol. The van der Waals surface area contributed by atoms with E-state index in [2.05, 4.69) is 41.5 Å². The molecule has 12 aliphatic carbocycles. The first kappa shape index (κ1) is 45.3. The Kier molecular flexibility index (Phi) is 12.2. The van der Waals surface area contributed by atoms with Crippen LogP contribution in [0.3, 0.4) is 0 Å². The van der Waals surface area contributed by atoms with E-state index in [0.29, 0.717) is 77.4 Å². The van der Waals surface area contributed by atoms with Crippen molar-refractivity contribution in [2.45, 2.75) is 254 Å². The van der Waals surface area contributed by atoms with E-state index in [9.17, 15) is 29.7 Å². The number of aliphatic hydroxyl groups is 3. The summed E-state index contributed by atoms with van der Waals surface area (Å²) in [4.78, 5) is 36.9. The van der Waals surface area contributed by atoms with Gasteiger partial charge in [0, 0.05) is 23.2 Å². The first-order valence-electron chi connectivity index (χ1n) is 32.0. The van der Waals surface area contributed by atoms with Gasteiger partial charge in [0.25, 0.3) is 0 Å². The van der Waals surface area contributed by atoms with Crippen LogP contribution >= 0.6 is 0 Å². The summed E-state index contributed by atoms with van der Waals surface area (Å²) in [5, 5.41) is 30.5. The summed E-state index contributed by atoms with van der Waals surface area (Å²) in [6.45, 7) is 18.9. The van der Waals surface area contributed by atoms with E-state index >= 15 is 0 Å². The molecule has 3 N–H and O–H groups in total. The van der Waals surface area contributed by atoms with Gasteiger partial charge in [0.2, 0.25) is 0 Å². The molecular formula is C63H102O6. The quantitative estimate of drug-likeness (QED) is 0.260. The summed E-state index contributed by atoms with van der Waals surface area (Å²) in [6, 6.07) is 0. The summed E-state index contributed by atoms with van der Waals surface area (Å²) in [5.74, 6) is 5.13. The Morgan fingerprint density at radius 2 is 0.768 bits per heavy atom. The molecule has 0 radical (unpaired) electrons. The van der Waals surface area contributed by atoms with Gasteiger partial charge in [0.1, 0.15) is 17.3 Å². The van der Waals surface area contributed by atoms with Crippen molar-refractivity contribution in [1.82, 2.24) is 0 Å². The largest absolute Gasteiger partial charge is 0.393 e. The molecule has 0 saturated heterocycles. The van der Waals surface area contributed by atoms with Crippen LogP contribution in [-0.4, -0.2) is 51.0 Å². The van der Waals surface area contributed by atoms with Gasteiger partial charge in [0.05, 0.1) is 19.7 Å². The lowest BCUT2D eigenvalue weighted by molar-refractivity contribution is -0.138. The number of carbonyl (C=O) groups is 3. The molecule has 0 unspecified atom stereocenters. The van der Waals surface area contributed by atoms with E-state index < -0.39 is 24.2 Å². The van der Waals surface area contributed by atoms with E-state index in [1.807, 2.05) is 0 Å². The van der Waals surface area contributed by atoms with Crippen molar-refractivity contribution in [3.8, 4) is 0 Å². The van der Waals surface area contributed by atoms with Crippen LogP contribution < -0.4 is 0 Å². The van der Waals surface area contributed by atoms with E-state index in [1.54, 1.807) is 20.8 Å². The first-order valence-corrected chi connectivity index (χ1v) is 29.5. The number of carbonyl (C=O) groups excluding carboxylic acids is 3. The summed E-state index contributed by atoms with van der Waals surface area (Å²) >= 11 is 0. The van der Waals surface area contributed by atoms with Crippen LogP contribution in [0.5, 0.6) is 0 Å². The topological polar surface area (TPSA) is 112 Å². The molecule has 24 atom stereocenters. The van der Waals surface area contributed by atoms with Crippen LogP contribution in [0.1, 0.15) is 242 Å². The van der Waals surface area contributed by atoms with Crippen molar-refractivity contribution in [1.29, 1.82) is 0 Å². The van der Waals surface area contributed by atoms with Crippen molar-refractivity contribution < 1.29 is 36.6 Å². The Hall–Kier alpha value is -1.11. The highest BCUT2D eigenvalue weighted by Crippen LogP contribution is 2.71. The zero-order valence-corrected chi connectivity index (χ0v) is 45.1. The fraction of sp³-hybridized carbons (Fsp3) is 0.952. The molecule has 0 amide bonds. The highest BCUT2D eigenvalue weighted by Gasteiger charge is 2.64. The van der Waals surface area contributed by atoms with E-state index in [-0.39, 0.29) is 69.0 Å². The molecule has 12 saturated carbocycles. The predicted molar refractivity (Wildman–Crippen MR) is 276 cm³/mol. The van der Waals surface area contributed by atoms with Crippen LogP contribution in [0.25, 0.3) is 0 Å². The van der Waals surface area contributed by atoms with Gasteiger partial charge in [-0.1, -0.05) is 41.5 Å². The average Bonchev–Trinajstić information content (AvgIpc) is 3.92. The molecule has 0 spiro atoms. The van der Waals surface area contributed by atoms with E-state index in [1.165, 1.54) is 51.4 Å². The molecule has 0 aromatic rings. The smallest absolute Gasteiger partial charge is 0.133 e. The maximum absolute atomic E-state index is 12.3. The van der Waals surface area contributed by atoms with Gasteiger partial charge in [-0.05, 0) is 298 Å². The number of fused-ring (bicyclic) bond motifs is 15. The Balaban J connectivity index is 0.000000127. The molecule has 69 heavy (non-hydrogen) atoms. The predicted octanol–water partition coefficient (Wildman–Crippen LogP) is 13.8. The number of Topliss-reactive ketones (excluding diaryl/α,β-unsaturated/α-hetero) is 3. The SMILES string of the molecule is [2H]C1([2H])C[C@]2(C)[C@@H](C(C)=O)CC[C@H]2[C@@H]2CC[C@H]3C[C@]([2H])(O)CC[C@]3(C)[C@H]21.[2H][C@]1(C(C)=O)CC[C@H]2[C@@H]3CC[C@@H]4C[C@H](O)CC[C@]4(C)[C@H]3CC[C@@]21C.[2H][C@]1(C(C)=O)CC[C@H]2[C@@H]3CC[C@H]4C[C@H](O)CC[C@]4(C)[C@H]3CC[C@@]21C. The molecule has 0 heterocycles. The second kappa shape index (κ2) is 18.6. The van der Waals surface area contributed by atoms with Crippen LogP contribution in [0.4, 0.5) is 0 Å². The van der Waals surface area contributed by atoms with E-state index in [4.69, 9.17) is 6.85 Å². The standard InChI is InChI=1S/3C21H34O2/c3*1-13(22)17-6-7-18-16-5-4-14-12-15(23)8-10-20(14,2)19(16)9-11-21(17,18)3/h3*14-19,23H,4-12H2,1-3H3/t2*14-,15+,16-,17+,18-,19-,20-,21+;14-,15-,16+,17-,18+,19+,20+,21-/m001/s1/i9D2,15D;2*17D. The Morgan fingerprint density at radius 1 is 0.391 bits per heavy atom. The van der Waals surface area contributed by atoms with Gasteiger partial charge in [-0.2, -0.15) is 0 Å². The number of rotatable bonds is 3. The normalized spacial score (nSPS) is 60.6. The number of hydrogen-bond donors (Lipinski definition) is 3. The van der Waals surface area contributed by atoms with Crippen LogP contribution in [0, 0.1) is 121 Å².